The summed E-state index contributed by atoms with van der Waals surface area (Å²) in [5.41, 5.74) is 5.11. The molecule has 0 spiro atoms. The molecule has 0 atom stereocenters. The molecule has 0 bridgehead atoms. The Labute approximate surface area is 130 Å². The Kier molecular flexibility index (Phi) is 4.80. The first-order valence-electron chi connectivity index (χ1n) is 7.41. The van der Waals surface area contributed by atoms with Gasteiger partial charge in [-0.05, 0) is 33.8 Å². The van der Waals surface area contributed by atoms with Gasteiger partial charge >= 0.3 is 0 Å². The van der Waals surface area contributed by atoms with Crippen molar-refractivity contribution in [2.75, 3.05) is 0 Å². The quantitative estimate of drug-likeness (QED) is 0.858. The zero-order valence-corrected chi connectivity index (χ0v) is 13.8. The molecule has 0 saturated carbocycles. The molecule has 0 fully saturated rings. The molecule has 0 aliphatic rings. The first-order valence-corrected chi connectivity index (χ1v) is 7.41. The molecule has 1 N–H and O–H groups in total. The topological polar surface area (TPSA) is 64.7 Å². The molecule has 2 heterocycles. The average Bonchev–Trinajstić information content (AvgIpc) is 2.95. The van der Waals surface area contributed by atoms with E-state index in [4.69, 9.17) is 0 Å². The first-order chi connectivity index (χ1) is 10.4. The molecule has 1 amide bonds. The predicted octanol–water partition coefficient (Wildman–Crippen LogP) is 1.89. The zero-order valence-electron chi connectivity index (χ0n) is 13.8. The summed E-state index contributed by atoms with van der Waals surface area (Å²) < 4.78 is 3.73. The minimum absolute atomic E-state index is 0.119. The second kappa shape index (κ2) is 6.60. The van der Waals surface area contributed by atoms with Gasteiger partial charge < -0.3 is 5.32 Å². The lowest BCUT2D eigenvalue weighted by Gasteiger charge is -2.03. The third-order valence-corrected chi connectivity index (χ3v) is 3.95. The molecule has 0 aliphatic heterocycles. The second-order valence-electron chi connectivity index (χ2n) is 5.33. The van der Waals surface area contributed by atoms with Crippen LogP contribution in [0, 0.1) is 20.8 Å². The Morgan fingerprint density at radius 1 is 1.32 bits per heavy atom. The molecular formula is C16H23N5O. The van der Waals surface area contributed by atoms with Crippen LogP contribution >= 0.6 is 0 Å². The number of amides is 1. The smallest absolute Gasteiger partial charge is 0.244 e. The zero-order chi connectivity index (χ0) is 16.3. The number of hydrogen-bond acceptors (Lipinski definition) is 3. The van der Waals surface area contributed by atoms with Gasteiger partial charge in [0.15, 0.2) is 0 Å². The normalized spacial score (nSPS) is 11.3. The summed E-state index contributed by atoms with van der Waals surface area (Å²) >= 11 is 0. The van der Waals surface area contributed by atoms with Crippen LogP contribution in [-0.2, 0) is 24.9 Å². The molecule has 2 aromatic rings. The van der Waals surface area contributed by atoms with Crippen LogP contribution in [0.15, 0.2) is 12.3 Å². The van der Waals surface area contributed by atoms with Crippen molar-refractivity contribution in [3.8, 4) is 0 Å². The maximum absolute atomic E-state index is 12.0. The Balaban J connectivity index is 1.98. The van der Waals surface area contributed by atoms with Gasteiger partial charge in [-0.3, -0.25) is 14.2 Å². The molecule has 22 heavy (non-hydrogen) atoms. The van der Waals surface area contributed by atoms with Crippen LogP contribution in [0.3, 0.4) is 0 Å². The van der Waals surface area contributed by atoms with E-state index in [1.54, 1.807) is 18.3 Å². The van der Waals surface area contributed by atoms with Crippen molar-refractivity contribution >= 4 is 12.0 Å². The minimum Gasteiger partial charge on any atom is -0.348 e. The van der Waals surface area contributed by atoms with Crippen LogP contribution < -0.4 is 5.32 Å². The Morgan fingerprint density at radius 3 is 2.59 bits per heavy atom. The molecule has 2 aromatic heterocycles. The maximum Gasteiger partial charge on any atom is 0.244 e. The lowest BCUT2D eigenvalue weighted by molar-refractivity contribution is -0.116. The van der Waals surface area contributed by atoms with Gasteiger partial charge in [-0.25, -0.2) is 0 Å². The average molecular weight is 301 g/mol. The minimum atomic E-state index is -0.119. The van der Waals surface area contributed by atoms with E-state index < -0.39 is 0 Å². The number of rotatable bonds is 5. The van der Waals surface area contributed by atoms with Crippen molar-refractivity contribution in [3.05, 3.63) is 40.5 Å². The van der Waals surface area contributed by atoms with Crippen LogP contribution in [0.5, 0.6) is 0 Å². The lowest BCUT2D eigenvalue weighted by Crippen LogP contribution is -2.21. The molecule has 0 unspecified atom stereocenters. The van der Waals surface area contributed by atoms with Gasteiger partial charge in [-0.2, -0.15) is 10.2 Å². The third-order valence-electron chi connectivity index (χ3n) is 3.95. The molecule has 6 nitrogen and oxygen atoms in total. The number of nitrogens with zero attached hydrogens (tertiary/aromatic N) is 4. The van der Waals surface area contributed by atoms with Crippen LogP contribution in [0.4, 0.5) is 0 Å². The SMILES string of the molecule is CCn1ncc(C=CC(=O)NCc2c(C)nn(C)c2C)c1C. The Morgan fingerprint density at radius 2 is 2.05 bits per heavy atom. The van der Waals surface area contributed by atoms with E-state index in [2.05, 4.69) is 15.5 Å². The van der Waals surface area contributed by atoms with E-state index in [-0.39, 0.29) is 5.91 Å². The molecular weight excluding hydrogens is 278 g/mol. The summed E-state index contributed by atoms with van der Waals surface area (Å²) in [5, 5.41) is 11.5. The highest BCUT2D eigenvalue weighted by Crippen LogP contribution is 2.11. The lowest BCUT2D eigenvalue weighted by atomic mass is 10.2. The van der Waals surface area contributed by atoms with Crippen LogP contribution in [-0.4, -0.2) is 25.5 Å². The van der Waals surface area contributed by atoms with E-state index in [0.717, 1.165) is 34.8 Å². The number of carbonyl (C=O) groups excluding carboxylic acids is 1. The molecule has 0 aromatic carbocycles. The number of aromatic nitrogens is 4. The Bertz CT molecular complexity index is 708. The number of hydrogen-bond donors (Lipinski definition) is 1. The molecule has 6 heteroatoms. The number of carbonyl (C=O) groups is 1. The highest BCUT2D eigenvalue weighted by molar-refractivity contribution is 5.91. The van der Waals surface area contributed by atoms with Crippen LogP contribution in [0.2, 0.25) is 0 Å². The molecule has 0 radical (unpaired) electrons. The largest absolute Gasteiger partial charge is 0.348 e. The molecule has 118 valence electrons. The van der Waals surface area contributed by atoms with E-state index in [0.29, 0.717) is 6.54 Å². The molecule has 0 saturated heterocycles. The van der Waals surface area contributed by atoms with Crippen molar-refractivity contribution in [2.24, 2.45) is 7.05 Å². The monoisotopic (exact) mass is 301 g/mol. The summed E-state index contributed by atoms with van der Waals surface area (Å²) in [6.07, 6.45) is 5.12. The third kappa shape index (κ3) is 3.27. The van der Waals surface area contributed by atoms with Gasteiger partial charge in [0.25, 0.3) is 0 Å². The fraction of sp³-hybridized carbons (Fsp3) is 0.438. The molecule has 2 rings (SSSR count). The molecule has 0 aliphatic carbocycles. The van der Waals surface area contributed by atoms with Crippen LogP contribution in [0.25, 0.3) is 6.08 Å². The summed E-state index contributed by atoms with van der Waals surface area (Å²) in [5.74, 6) is -0.119. The fourth-order valence-electron chi connectivity index (χ4n) is 2.42. The summed E-state index contributed by atoms with van der Waals surface area (Å²) in [4.78, 5) is 12.0. The van der Waals surface area contributed by atoms with Crippen molar-refractivity contribution in [2.45, 2.75) is 40.8 Å². The summed E-state index contributed by atoms with van der Waals surface area (Å²) in [6.45, 7) is 9.30. The number of aryl methyl sites for hydroxylation is 3. The highest BCUT2D eigenvalue weighted by Gasteiger charge is 2.09. The van der Waals surface area contributed by atoms with Crippen LogP contribution in [0.1, 0.15) is 35.1 Å². The van der Waals surface area contributed by atoms with Gasteiger partial charge in [0.2, 0.25) is 5.91 Å². The number of nitrogens with one attached hydrogen (secondary N) is 1. The summed E-state index contributed by atoms with van der Waals surface area (Å²) in [7, 11) is 1.90. The standard InChI is InChI=1S/C16H23N5O/c1-6-21-12(3)14(9-18-21)7-8-16(22)17-10-15-11(2)19-20(5)13(15)4/h7-9H,6,10H2,1-5H3,(H,17,22). The fourth-order valence-corrected chi connectivity index (χ4v) is 2.42. The van der Waals surface area contributed by atoms with E-state index in [9.17, 15) is 4.79 Å². The van der Waals surface area contributed by atoms with Gasteiger partial charge in [0.1, 0.15) is 0 Å². The Hall–Kier alpha value is -2.37. The second-order valence-corrected chi connectivity index (χ2v) is 5.33. The van der Waals surface area contributed by atoms with Crippen molar-refractivity contribution in [1.82, 2.24) is 24.9 Å². The predicted molar refractivity (Wildman–Crippen MR) is 86.2 cm³/mol. The van der Waals surface area contributed by atoms with Gasteiger partial charge in [0.05, 0.1) is 11.9 Å². The van der Waals surface area contributed by atoms with Crippen molar-refractivity contribution in [3.63, 3.8) is 0 Å². The van der Waals surface area contributed by atoms with Gasteiger partial charge in [-0.15, -0.1) is 0 Å². The maximum atomic E-state index is 12.0. The van der Waals surface area contributed by atoms with Gasteiger partial charge in [-0.1, -0.05) is 0 Å². The van der Waals surface area contributed by atoms with Crippen molar-refractivity contribution < 1.29 is 4.79 Å². The van der Waals surface area contributed by atoms with Gasteiger partial charge in [0, 0.05) is 48.7 Å². The van der Waals surface area contributed by atoms with E-state index in [1.165, 1.54) is 0 Å². The highest BCUT2D eigenvalue weighted by atomic mass is 16.1. The van der Waals surface area contributed by atoms with E-state index in [1.807, 2.05) is 44.1 Å². The van der Waals surface area contributed by atoms with E-state index >= 15 is 0 Å². The summed E-state index contributed by atoms with van der Waals surface area (Å²) in [6, 6.07) is 0. The first kappa shape index (κ1) is 16.0. The van der Waals surface area contributed by atoms with Crippen molar-refractivity contribution in [1.29, 1.82) is 0 Å².